The van der Waals surface area contributed by atoms with Gasteiger partial charge < -0.3 is 16.2 Å². The Kier molecular flexibility index (Phi) is 1.27. The van der Waals surface area contributed by atoms with Crippen LogP contribution in [0.15, 0.2) is 0 Å². The molecule has 2 aliphatic heterocycles. The van der Waals surface area contributed by atoms with Gasteiger partial charge in [0.1, 0.15) is 0 Å². The van der Waals surface area contributed by atoms with E-state index in [1.54, 1.807) is 0 Å². The third-order valence-corrected chi connectivity index (χ3v) is 2.74. The molecule has 0 amide bonds. The first kappa shape index (κ1) is 6.58. The van der Waals surface area contributed by atoms with E-state index in [0.29, 0.717) is 12.6 Å². The third kappa shape index (κ3) is 0.713. The first-order chi connectivity index (χ1) is 4.74. The van der Waals surface area contributed by atoms with E-state index in [-0.39, 0.29) is 11.6 Å². The molecule has 2 bridgehead atoms. The molecule has 2 fully saturated rings. The lowest BCUT2D eigenvalue weighted by Gasteiger charge is -2.29. The van der Waals surface area contributed by atoms with Gasteiger partial charge in [0.15, 0.2) is 0 Å². The van der Waals surface area contributed by atoms with Crippen LogP contribution in [0.25, 0.3) is 0 Å². The zero-order valence-corrected chi connectivity index (χ0v) is 6.05. The maximum absolute atomic E-state index is 5.99. The first-order valence-corrected chi connectivity index (χ1v) is 3.89. The van der Waals surface area contributed by atoms with Crippen LogP contribution in [-0.4, -0.2) is 24.3 Å². The smallest absolute Gasteiger partial charge is 0.0772 e. The fourth-order valence-electron chi connectivity index (χ4n) is 2.05. The first-order valence-electron chi connectivity index (χ1n) is 3.89. The molecule has 2 saturated heterocycles. The average Bonchev–Trinajstić information content (AvgIpc) is 2.46. The standard InChI is InChI=1S/C7H14N2O/c8-4-7(9)3-5-1-2-6(7)10-5/h5-6H,1-4,8-9H2/t5-,6+,7?/m1/s1. The second-order valence-corrected chi connectivity index (χ2v) is 3.47. The largest absolute Gasteiger partial charge is 0.373 e. The van der Waals surface area contributed by atoms with Crippen molar-refractivity contribution in [3.05, 3.63) is 0 Å². The van der Waals surface area contributed by atoms with Gasteiger partial charge in [-0.1, -0.05) is 0 Å². The lowest BCUT2D eigenvalue weighted by atomic mass is 9.83. The monoisotopic (exact) mass is 142 g/mol. The zero-order chi connectivity index (χ0) is 7.19. The topological polar surface area (TPSA) is 61.3 Å². The Morgan fingerprint density at radius 1 is 1.50 bits per heavy atom. The minimum atomic E-state index is -0.192. The van der Waals surface area contributed by atoms with E-state index < -0.39 is 0 Å². The molecule has 0 aliphatic carbocycles. The summed E-state index contributed by atoms with van der Waals surface area (Å²) in [5, 5.41) is 0. The highest BCUT2D eigenvalue weighted by Crippen LogP contribution is 2.39. The molecule has 2 rings (SSSR count). The number of nitrogens with two attached hydrogens (primary N) is 2. The van der Waals surface area contributed by atoms with Gasteiger partial charge >= 0.3 is 0 Å². The van der Waals surface area contributed by atoms with E-state index in [1.807, 2.05) is 0 Å². The van der Waals surface area contributed by atoms with Crippen LogP contribution in [-0.2, 0) is 4.74 Å². The molecule has 2 aliphatic rings. The van der Waals surface area contributed by atoms with Crippen molar-refractivity contribution in [3.8, 4) is 0 Å². The van der Waals surface area contributed by atoms with E-state index >= 15 is 0 Å². The van der Waals surface area contributed by atoms with Crippen molar-refractivity contribution in [2.45, 2.75) is 37.0 Å². The number of rotatable bonds is 1. The number of fused-ring (bicyclic) bond motifs is 2. The number of hydrogen-bond acceptors (Lipinski definition) is 3. The number of ether oxygens (including phenoxy) is 1. The molecule has 3 nitrogen and oxygen atoms in total. The van der Waals surface area contributed by atoms with Crippen LogP contribution >= 0.6 is 0 Å². The summed E-state index contributed by atoms with van der Waals surface area (Å²) in [6.45, 7) is 0.564. The Hall–Kier alpha value is -0.120. The van der Waals surface area contributed by atoms with E-state index in [2.05, 4.69) is 0 Å². The van der Waals surface area contributed by atoms with Gasteiger partial charge in [-0.2, -0.15) is 0 Å². The van der Waals surface area contributed by atoms with Crippen LogP contribution in [0, 0.1) is 0 Å². The van der Waals surface area contributed by atoms with Crippen molar-refractivity contribution in [3.63, 3.8) is 0 Å². The van der Waals surface area contributed by atoms with Crippen LogP contribution in [0.2, 0.25) is 0 Å². The lowest BCUT2D eigenvalue weighted by Crippen LogP contribution is -2.54. The van der Waals surface area contributed by atoms with Gasteiger partial charge in [0.05, 0.1) is 17.7 Å². The Balaban J connectivity index is 2.14. The summed E-state index contributed by atoms with van der Waals surface area (Å²) >= 11 is 0. The van der Waals surface area contributed by atoms with Crippen molar-refractivity contribution in [1.82, 2.24) is 0 Å². The van der Waals surface area contributed by atoms with Crippen LogP contribution in [0.3, 0.4) is 0 Å². The van der Waals surface area contributed by atoms with Gasteiger partial charge in [-0.3, -0.25) is 0 Å². The molecule has 0 aromatic rings. The third-order valence-electron chi connectivity index (χ3n) is 2.74. The Morgan fingerprint density at radius 3 is 2.60 bits per heavy atom. The highest BCUT2D eigenvalue weighted by molar-refractivity contribution is 5.05. The van der Waals surface area contributed by atoms with Gasteiger partial charge in [-0.25, -0.2) is 0 Å². The van der Waals surface area contributed by atoms with Gasteiger partial charge in [0.25, 0.3) is 0 Å². The average molecular weight is 142 g/mol. The van der Waals surface area contributed by atoms with Crippen molar-refractivity contribution >= 4 is 0 Å². The maximum Gasteiger partial charge on any atom is 0.0772 e. The fourth-order valence-corrected chi connectivity index (χ4v) is 2.05. The molecule has 3 atom stereocenters. The second kappa shape index (κ2) is 1.94. The molecule has 4 N–H and O–H groups in total. The van der Waals surface area contributed by atoms with E-state index in [1.165, 1.54) is 6.42 Å². The van der Waals surface area contributed by atoms with Crippen LogP contribution < -0.4 is 11.5 Å². The van der Waals surface area contributed by atoms with Gasteiger partial charge in [-0.05, 0) is 19.3 Å². The summed E-state index contributed by atoms with van der Waals surface area (Å²) in [5.41, 5.74) is 11.4. The molecule has 0 aromatic heterocycles. The molecule has 2 heterocycles. The molecule has 0 radical (unpaired) electrons. The maximum atomic E-state index is 5.99. The minimum absolute atomic E-state index is 0.192. The molecule has 1 unspecified atom stereocenters. The molecule has 0 aromatic carbocycles. The Morgan fingerprint density at radius 2 is 2.30 bits per heavy atom. The van der Waals surface area contributed by atoms with E-state index in [4.69, 9.17) is 16.2 Å². The van der Waals surface area contributed by atoms with Crippen LogP contribution in [0.4, 0.5) is 0 Å². The summed E-state index contributed by atoms with van der Waals surface area (Å²) in [4.78, 5) is 0. The van der Waals surface area contributed by atoms with Gasteiger partial charge in [-0.15, -0.1) is 0 Å². The van der Waals surface area contributed by atoms with E-state index in [9.17, 15) is 0 Å². The lowest BCUT2D eigenvalue weighted by molar-refractivity contribution is 0.0872. The van der Waals surface area contributed by atoms with Crippen molar-refractivity contribution < 1.29 is 4.74 Å². The predicted octanol–water partition coefficient (Wildman–Crippen LogP) is -0.406. The zero-order valence-electron chi connectivity index (χ0n) is 6.05. The fraction of sp³-hybridized carbons (Fsp3) is 1.00. The van der Waals surface area contributed by atoms with Gasteiger partial charge in [0, 0.05) is 6.54 Å². The molecule has 3 heteroatoms. The quantitative estimate of drug-likeness (QED) is 0.523. The highest BCUT2D eigenvalue weighted by Gasteiger charge is 2.48. The summed E-state index contributed by atoms with van der Waals surface area (Å²) in [5.74, 6) is 0. The van der Waals surface area contributed by atoms with Crippen molar-refractivity contribution in [1.29, 1.82) is 0 Å². The van der Waals surface area contributed by atoms with E-state index in [0.717, 1.165) is 12.8 Å². The molecular weight excluding hydrogens is 128 g/mol. The normalized spacial score (nSPS) is 52.2. The summed E-state index contributed by atoms with van der Waals surface area (Å²) in [7, 11) is 0. The molecule has 0 spiro atoms. The number of hydrogen-bond donors (Lipinski definition) is 2. The highest BCUT2D eigenvalue weighted by atomic mass is 16.5. The Bertz CT molecular complexity index is 151. The van der Waals surface area contributed by atoms with Crippen molar-refractivity contribution in [2.75, 3.05) is 6.54 Å². The SMILES string of the molecule is NCC1(N)C[C@H]2CC[C@@H]1O2. The molecule has 10 heavy (non-hydrogen) atoms. The summed E-state index contributed by atoms with van der Waals surface area (Å²) in [6.07, 6.45) is 3.93. The van der Waals surface area contributed by atoms with Crippen molar-refractivity contribution in [2.24, 2.45) is 11.5 Å². The molecule has 58 valence electrons. The Labute approximate surface area is 60.7 Å². The van der Waals surface area contributed by atoms with Crippen LogP contribution in [0.5, 0.6) is 0 Å². The minimum Gasteiger partial charge on any atom is -0.373 e. The second-order valence-electron chi connectivity index (χ2n) is 3.47. The summed E-state index contributed by atoms with van der Waals surface area (Å²) in [6, 6.07) is 0. The predicted molar refractivity (Wildman–Crippen MR) is 38.5 cm³/mol. The summed E-state index contributed by atoms with van der Waals surface area (Å²) < 4.78 is 5.57. The van der Waals surface area contributed by atoms with Gasteiger partial charge in [0.2, 0.25) is 0 Å². The molecule has 0 saturated carbocycles. The van der Waals surface area contributed by atoms with Crippen LogP contribution in [0.1, 0.15) is 19.3 Å². The molecular formula is C7H14N2O.